The lowest BCUT2D eigenvalue weighted by Gasteiger charge is -2.43. The van der Waals surface area contributed by atoms with Crippen LogP contribution in [0.2, 0.25) is 0 Å². The summed E-state index contributed by atoms with van der Waals surface area (Å²) in [6.07, 6.45) is 43.3. The standard InChI is InChI=1S/C56H114N4O2S2/c1-9-59(53(5)6)47-39-31-27-23-19-15-11-13-17-21-25-29-35-43-55(61)57-45-37-33-41-49-63-64-50-42-34-38-46-58-56(62)44-36-30-26-22-18-14-12-16-20-24-28-32-40-48-60(10-2,54(7)8)51-52(3)4/h52-54H,9-51H2,1-8H3,(H-,57,58,61,62)/p+1. The van der Waals surface area contributed by atoms with E-state index in [0.29, 0.717) is 18.9 Å². The number of quaternary nitrogens is 1. The van der Waals surface area contributed by atoms with Crippen molar-refractivity contribution in [3.05, 3.63) is 0 Å². The molecule has 6 nitrogen and oxygen atoms in total. The molecule has 0 aromatic rings. The number of carbonyl (C=O) groups excluding carboxylic acids is 2. The lowest BCUT2D eigenvalue weighted by Crippen LogP contribution is -2.55. The second-order valence-corrected chi connectivity index (χ2v) is 23.5. The van der Waals surface area contributed by atoms with Gasteiger partial charge in [0.15, 0.2) is 0 Å². The molecule has 2 N–H and O–H groups in total. The quantitative estimate of drug-likeness (QED) is 0.0361. The van der Waals surface area contributed by atoms with Crippen molar-refractivity contribution in [2.45, 2.75) is 286 Å². The molecule has 382 valence electrons. The Kier molecular flexibility index (Phi) is 47.3. The molecule has 0 rings (SSSR count). The molecule has 0 spiro atoms. The number of rotatable bonds is 51. The molecule has 0 aromatic heterocycles. The van der Waals surface area contributed by atoms with E-state index in [-0.39, 0.29) is 11.8 Å². The fourth-order valence-electron chi connectivity index (χ4n) is 9.60. The fraction of sp³-hybridized carbons (Fsp3) is 0.964. The zero-order chi connectivity index (χ0) is 47.2. The minimum absolute atomic E-state index is 0.247. The van der Waals surface area contributed by atoms with E-state index in [9.17, 15) is 9.59 Å². The van der Waals surface area contributed by atoms with E-state index < -0.39 is 0 Å². The first-order valence-corrected chi connectivity index (χ1v) is 30.9. The largest absolute Gasteiger partial charge is 0.356 e. The van der Waals surface area contributed by atoms with Crippen LogP contribution in [0.5, 0.6) is 0 Å². The Bertz CT molecular complexity index is 998. The van der Waals surface area contributed by atoms with Gasteiger partial charge in [0.05, 0.1) is 25.7 Å². The number of hydrogen-bond acceptors (Lipinski definition) is 5. The van der Waals surface area contributed by atoms with Crippen LogP contribution < -0.4 is 10.6 Å². The van der Waals surface area contributed by atoms with E-state index in [1.807, 2.05) is 21.6 Å². The molecule has 0 radical (unpaired) electrons. The molecule has 8 heteroatoms. The van der Waals surface area contributed by atoms with Crippen LogP contribution in [-0.4, -0.2) is 90.6 Å². The highest BCUT2D eigenvalue weighted by Gasteiger charge is 2.29. The molecule has 0 aromatic carbocycles. The monoisotopic (exact) mass is 940 g/mol. The number of nitrogens with one attached hydrogen (secondary N) is 2. The smallest absolute Gasteiger partial charge is 0.219 e. The Morgan fingerprint density at radius 2 is 0.797 bits per heavy atom. The van der Waals surface area contributed by atoms with Gasteiger partial charge in [-0.15, -0.1) is 0 Å². The zero-order valence-electron chi connectivity index (χ0n) is 44.7. The summed E-state index contributed by atoms with van der Waals surface area (Å²) in [7, 11) is 4.00. The topological polar surface area (TPSA) is 61.4 Å². The van der Waals surface area contributed by atoms with Gasteiger partial charge in [-0.1, -0.05) is 190 Å². The van der Waals surface area contributed by atoms with Gasteiger partial charge in [-0.25, -0.2) is 0 Å². The van der Waals surface area contributed by atoms with Gasteiger partial charge in [0, 0.05) is 49.4 Å². The van der Waals surface area contributed by atoms with Crippen LogP contribution in [0.4, 0.5) is 0 Å². The van der Waals surface area contributed by atoms with Crippen molar-refractivity contribution in [1.29, 1.82) is 0 Å². The molecule has 0 aliphatic heterocycles. The van der Waals surface area contributed by atoms with Crippen molar-refractivity contribution >= 4 is 33.4 Å². The summed E-state index contributed by atoms with van der Waals surface area (Å²) in [6.45, 7) is 27.0. The Morgan fingerprint density at radius 1 is 0.453 bits per heavy atom. The maximum absolute atomic E-state index is 12.2. The van der Waals surface area contributed by atoms with Crippen molar-refractivity contribution < 1.29 is 14.1 Å². The van der Waals surface area contributed by atoms with Gasteiger partial charge in [0.25, 0.3) is 0 Å². The van der Waals surface area contributed by atoms with Crippen LogP contribution >= 0.6 is 21.6 Å². The third kappa shape index (κ3) is 41.7. The summed E-state index contributed by atoms with van der Waals surface area (Å²) in [6, 6.07) is 1.42. The van der Waals surface area contributed by atoms with Crippen LogP contribution in [0.3, 0.4) is 0 Å². The Balaban J connectivity index is 3.34. The summed E-state index contributed by atoms with van der Waals surface area (Å²) in [4.78, 5) is 27.0. The maximum Gasteiger partial charge on any atom is 0.219 e. The lowest BCUT2D eigenvalue weighted by atomic mass is 10.0. The van der Waals surface area contributed by atoms with Crippen LogP contribution in [0.25, 0.3) is 0 Å². The van der Waals surface area contributed by atoms with Gasteiger partial charge in [-0.05, 0) is 105 Å². The van der Waals surface area contributed by atoms with Crippen molar-refractivity contribution in [2.24, 2.45) is 5.92 Å². The fourth-order valence-corrected chi connectivity index (χ4v) is 11.9. The Labute approximate surface area is 410 Å². The average Bonchev–Trinajstić information content (AvgIpc) is 3.26. The highest BCUT2D eigenvalue weighted by Crippen LogP contribution is 2.24. The van der Waals surface area contributed by atoms with Gasteiger partial charge < -0.3 is 20.0 Å². The third-order valence-electron chi connectivity index (χ3n) is 14.0. The number of amides is 2. The molecule has 0 heterocycles. The van der Waals surface area contributed by atoms with E-state index >= 15 is 0 Å². The molecule has 0 bridgehead atoms. The van der Waals surface area contributed by atoms with Crippen molar-refractivity contribution in [2.75, 3.05) is 57.3 Å². The number of unbranched alkanes of at least 4 members (excludes halogenated alkanes) is 28. The minimum atomic E-state index is 0.247. The van der Waals surface area contributed by atoms with Gasteiger partial charge >= 0.3 is 0 Å². The summed E-state index contributed by atoms with van der Waals surface area (Å²) >= 11 is 0. The Hall–Kier alpha value is -0.440. The molecular formula is C56H115N4O2S2+. The van der Waals surface area contributed by atoms with Crippen molar-refractivity contribution in [3.8, 4) is 0 Å². The second kappa shape index (κ2) is 47.6. The predicted octanol–water partition coefficient (Wildman–Crippen LogP) is 16.5. The molecule has 1 atom stereocenters. The first-order valence-electron chi connectivity index (χ1n) is 28.5. The molecule has 0 aliphatic rings. The van der Waals surface area contributed by atoms with E-state index in [2.05, 4.69) is 70.9 Å². The van der Waals surface area contributed by atoms with E-state index in [1.165, 1.54) is 228 Å². The number of nitrogens with zero attached hydrogens (tertiary/aromatic N) is 2. The van der Waals surface area contributed by atoms with E-state index in [1.54, 1.807) is 0 Å². The summed E-state index contributed by atoms with van der Waals surface area (Å²) in [5.74, 6) is 3.67. The highest BCUT2D eigenvalue weighted by molar-refractivity contribution is 8.76. The summed E-state index contributed by atoms with van der Waals surface area (Å²) < 4.78 is 1.30. The number of hydrogen-bond donors (Lipinski definition) is 2. The first-order chi connectivity index (χ1) is 31.1. The highest BCUT2D eigenvalue weighted by atomic mass is 33.1. The van der Waals surface area contributed by atoms with Gasteiger partial charge in [-0.3, -0.25) is 9.59 Å². The van der Waals surface area contributed by atoms with E-state index in [4.69, 9.17) is 0 Å². The molecule has 0 fully saturated rings. The Morgan fingerprint density at radius 3 is 1.12 bits per heavy atom. The molecule has 64 heavy (non-hydrogen) atoms. The van der Waals surface area contributed by atoms with Crippen LogP contribution in [-0.2, 0) is 9.59 Å². The second-order valence-electron chi connectivity index (χ2n) is 20.8. The molecule has 2 amide bonds. The maximum atomic E-state index is 12.2. The number of carbonyl (C=O) groups is 2. The van der Waals surface area contributed by atoms with Gasteiger partial charge in [0.2, 0.25) is 11.8 Å². The zero-order valence-corrected chi connectivity index (χ0v) is 46.3. The molecule has 0 aliphatic carbocycles. The van der Waals surface area contributed by atoms with Crippen LogP contribution in [0.15, 0.2) is 0 Å². The summed E-state index contributed by atoms with van der Waals surface area (Å²) in [5, 5.41) is 6.29. The normalized spacial score (nSPS) is 12.9. The average molecular weight is 941 g/mol. The molecular weight excluding hydrogens is 825 g/mol. The van der Waals surface area contributed by atoms with Crippen molar-refractivity contribution in [3.63, 3.8) is 0 Å². The van der Waals surface area contributed by atoms with Gasteiger partial charge in [0.1, 0.15) is 0 Å². The lowest BCUT2D eigenvalue weighted by molar-refractivity contribution is -0.949. The predicted molar refractivity (Wildman–Crippen MR) is 291 cm³/mol. The summed E-state index contributed by atoms with van der Waals surface area (Å²) in [5.41, 5.74) is 0. The van der Waals surface area contributed by atoms with Gasteiger partial charge in [-0.2, -0.15) is 0 Å². The SMILES string of the molecule is CCN(CCCCCCCCCCCCCCCC(=O)NCCCCCSSCCCCCNC(=O)CCCCCCCCCCCCCCC[N+](CC)(CC(C)C)C(C)C)C(C)C. The van der Waals surface area contributed by atoms with Crippen LogP contribution in [0.1, 0.15) is 274 Å². The van der Waals surface area contributed by atoms with E-state index in [0.717, 1.165) is 50.7 Å². The third-order valence-corrected chi connectivity index (χ3v) is 16.6. The van der Waals surface area contributed by atoms with Crippen molar-refractivity contribution in [1.82, 2.24) is 15.5 Å². The molecule has 0 saturated carbocycles. The first kappa shape index (κ1) is 63.6. The minimum Gasteiger partial charge on any atom is -0.356 e. The molecule has 1 unspecified atom stereocenters. The molecule has 0 saturated heterocycles. The van der Waals surface area contributed by atoms with Crippen LogP contribution in [0, 0.1) is 5.92 Å².